The van der Waals surface area contributed by atoms with Crippen molar-refractivity contribution in [2.45, 2.75) is 19.9 Å². The highest BCUT2D eigenvalue weighted by Gasteiger charge is 2.12. The van der Waals surface area contributed by atoms with Gasteiger partial charge in [0.2, 0.25) is 5.91 Å². The number of nitrogens with one attached hydrogen (secondary N) is 2. The van der Waals surface area contributed by atoms with Gasteiger partial charge in [-0.2, -0.15) is 0 Å². The minimum absolute atomic E-state index is 0.0508. The molecular weight excluding hydrogens is 228 g/mol. The van der Waals surface area contributed by atoms with Crippen LogP contribution in [0.5, 0.6) is 5.75 Å². The molecule has 0 radical (unpaired) electrons. The van der Waals surface area contributed by atoms with Crippen molar-refractivity contribution in [3.8, 4) is 5.75 Å². The van der Waals surface area contributed by atoms with E-state index in [1.807, 2.05) is 32.0 Å². The molecular formula is C14H20N2O2. The fourth-order valence-electron chi connectivity index (χ4n) is 1.55. The lowest BCUT2D eigenvalue weighted by Gasteiger charge is -2.16. The van der Waals surface area contributed by atoms with Crippen molar-refractivity contribution in [3.05, 3.63) is 36.4 Å². The van der Waals surface area contributed by atoms with E-state index in [1.54, 1.807) is 13.2 Å². The first-order chi connectivity index (χ1) is 8.58. The van der Waals surface area contributed by atoms with Crippen molar-refractivity contribution in [2.24, 2.45) is 0 Å². The standard InChI is InChI=1S/C14H20N2O2/c1-5-8-15-14(17)11(3)16-13-7-6-12(18-4)9-10(13)2/h5-7,9,11,16H,1,8H2,2-4H3,(H,15,17). The van der Waals surface area contributed by atoms with Gasteiger partial charge in [0, 0.05) is 12.2 Å². The number of aryl methyl sites for hydroxylation is 1. The Bertz CT molecular complexity index is 430. The molecule has 0 saturated carbocycles. The topological polar surface area (TPSA) is 50.4 Å². The fourth-order valence-corrected chi connectivity index (χ4v) is 1.55. The summed E-state index contributed by atoms with van der Waals surface area (Å²) in [4.78, 5) is 11.7. The number of anilines is 1. The Hall–Kier alpha value is -1.97. The van der Waals surface area contributed by atoms with E-state index in [0.29, 0.717) is 6.54 Å². The van der Waals surface area contributed by atoms with Gasteiger partial charge in [-0.1, -0.05) is 6.08 Å². The number of methoxy groups -OCH3 is 1. The zero-order valence-electron chi connectivity index (χ0n) is 11.1. The minimum Gasteiger partial charge on any atom is -0.497 e. The van der Waals surface area contributed by atoms with Gasteiger partial charge in [-0.05, 0) is 37.6 Å². The largest absolute Gasteiger partial charge is 0.497 e. The second kappa shape index (κ2) is 6.69. The van der Waals surface area contributed by atoms with Gasteiger partial charge in [0.25, 0.3) is 0 Å². The van der Waals surface area contributed by atoms with Crippen LogP contribution in [0.4, 0.5) is 5.69 Å². The highest BCUT2D eigenvalue weighted by molar-refractivity contribution is 5.84. The van der Waals surface area contributed by atoms with Gasteiger partial charge in [-0.15, -0.1) is 6.58 Å². The van der Waals surface area contributed by atoms with E-state index in [1.165, 1.54) is 0 Å². The molecule has 0 aliphatic rings. The van der Waals surface area contributed by atoms with Crippen LogP contribution in [0, 0.1) is 6.92 Å². The van der Waals surface area contributed by atoms with Crippen LogP contribution in [0.2, 0.25) is 0 Å². The summed E-state index contributed by atoms with van der Waals surface area (Å²) >= 11 is 0. The average molecular weight is 248 g/mol. The van der Waals surface area contributed by atoms with Crippen molar-refractivity contribution in [2.75, 3.05) is 19.0 Å². The van der Waals surface area contributed by atoms with Crippen LogP contribution >= 0.6 is 0 Å². The summed E-state index contributed by atoms with van der Waals surface area (Å²) in [5.74, 6) is 0.756. The first-order valence-electron chi connectivity index (χ1n) is 5.88. The molecule has 1 aromatic carbocycles. The van der Waals surface area contributed by atoms with Crippen molar-refractivity contribution in [1.82, 2.24) is 5.32 Å². The van der Waals surface area contributed by atoms with Crippen LogP contribution in [0.25, 0.3) is 0 Å². The number of ether oxygens (including phenoxy) is 1. The van der Waals surface area contributed by atoms with Gasteiger partial charge < -0.3 is 15.4 Å². The maximum atomic E-state index is 11.7. The van der Waals surface area contributed by atoms with Crippen LogP contribution < -0.4 is 15.4 Å². The first-order valence-corrected chi connectivity index (χ1v) is 5.88. The second-order valence-electron chi connectivity index (χ2n) is 4.08. The van der Waals surface area contributed by atoms with Gasteiger partial charge in [0.1, 0.15) is 11.8 Å². The van der Waals surface area contributed by atoms with Gasteiger partial charge in [-0.3, -0.25) is 4.79 Å². The summed E-state index contributed by atoms with van der Waals surface area (Å²) in [5, 5.41) is 5.92. The maximum Gasteiger partial charge on any atom is 0.242 e. The van der Waals surface area contributed by atoms with Crippen molar-refractivity contribution >= 4 is 11.6 Å². The predicted octanol–water partition coefficient (Wildman–Crippen LogP) is 2.11. The van der Waals surface area contributed by atoms with E-state index in [2.05, 4.69) is 17.2 Å². The zero-order valence-corrected chi connectivity index (χ0v) is 11.1. The maximum absolute atomic E-state index is 11.7. The molecule has 98 valence electrons. The molecule has 0 fully saturated rings. The Balaban J connectivity index is 2.66. The smallest absolute Gasteiger partial charge is 0.242 e. The molecule has 1 rings (SSSR count). The number of carbonyl (C=O) groups excluding carboxylic acids is 1. The fraction of sp³-hybridized carbons (Fsp3) is 0.357. The summed E-state index contributed by atoms with van der Waals surface area (Å²) in [6, 6.07) is 5.41. The molecule has 0 heterocycles. The van der Waals surface area contributed by atoms with Crippen LogP contribution in [-0.4, -0.2) is 25.6 Å². The molecule has 0 saturated heterocycles. The van der Waals surface area contributed by atoms with Crippen molar-refractivity contribution in [3.63, 3.8) is 0 Å². The van der Waals surface area contributed by atoms with Crippen molar-refractivity contribution < 1.29 is 9.53 Å². The van der Waals surface area contributed by atoms with E-state index >= 15 is 0 Å². The number of hydrogen-bond acceptors (Lipinski definition) is 3. The molecule has 0 spiro atoms. The summed E-state index contributed by atoms with van der Waals surface area (Å²) in [6.07, 6.45) is 1.66. The molecule has 4 nitrogen and oxygen atoms in total. The normalized spacial score (nSPS) is 11.5. The molecule has 0 bridgehead atoms. The Morgan fingerprint density at radius 3 is 2.83 bits per heavy atom. The summed E-state index contributed by atoms with van der Waals surface area (Å²) in [7, 11) is 1.63. The van der Waals surface area contributed by atoms with Crippen molar-refractivity contribution in [1.29, 1.82) is 0 Å². The Morgan fingerprint density at radius 2 is 2.28 bits per heavy atom. The molecule has 18 heavy (non-hydrogen) atoms. The molecule has 0 aromatic heterocycles. The van der Waals surface area contributed by atoms with E-state index in [-0.39, 0.29) is 11.9 Å². The van der Waals surface area contributed by atoms with E-state index in [9.17, 15) is 4.79 Å². The predicted molar refractivity (Wildman–Crippen MR) is 74.0 cm³/mol. The van der Waals surface area contributed by atoms with E-state index in [0.717, 1.165) is 17.0 Å². The Labute approximate surface area is 108 Å². The van der Waals surface area contributed by atoms with E-state index < -0.39 is 0 Å². The molecule has 2 N–H and O–H groups in total. The average Bonchev–Trinajstić information content (AvgIpc) is 2.38. The molecule has 0 aliphatic heterocycles. The molecule has 4 heteroatoms. The molecule has 1 amide bonds. The van der Waals surface area contributed by atoms with Gasteiger partial charge >= 0.3 is 0 Å². The first kappa shape index (κ1) is 14.1. The summed E-state index contributed by atoms with van der Waals surface area (Å²) in [6.45, 7) is 7.83. The number of hydrogen-bond donors (Lipinski definition) is 2. The number of amides is 1. The third-order valence-corrected chi connectivity index (χ3v) is 2.62. The molecule has 0 aliphatic carbocycles. The number of carbonyl (C=O) groups is 1. The quantitative estimate of drug-likeness (QED) is 0.758. The minimum atomic E-state index is -0.294. The zero-order chi connectivity index (χ0) is 13.5. The van der Waals surface area contributed by atoms with E-state index in [4.69, 9.17) is 4.74 Å². The lowest BCUT2D eigenvalue weighted by molar-refractivity contribution is -0.121. The van der Waals surface area contributed by atoms with Crippen LogP contribution in [-0.2, 0) is 4.79 Å². The van der Waals surface area contributed by atoms with Crippen LogP contribution in [0.15, 0.2) is 30.9 Å². The molecule has 1 aromatic rings. The van der Waals surface area contributed by atoms with Gasteiger partial charge in [0.05, 0.1) is 7.11 Å². The molecule has 1 atom stereocenters. The number of rotatable bonds is 6. The van der Waals surface area contributed by atoms with Gasteiger partial charge in [0.15, 0.2) is 0 Å². The van der Waals surface area contributed by atoms with Crippen LogP contribution in [0.1, 0.15) is 12.5 Å². The number of benzene rings is 1. The summed E-state index contributed by atoms with van der Waals surface area (Å²) < 4.78 is 5.14. The SMILES string of the molecule is C=CCNC(=O)C(C)Nc1ccc(OC)cc1C. The van der Waals surface area contributed by atoms with Gasteiger partial charge in [-0.25, -0.2) is 0 Å². The third-order valence-electron chi connectivity index (χ3n) is 2.62. The lowest BCUT2D eigenvalue weighted by atomic mass is 10.1. The highest BCUT2D eigenvalue weighted by atomic mass is 16.5. The monoisotopic (exact) mass is 248 g/mol. The Kier molecular flexibility index (Phi) is 5.24. The Morgan fingerprint density at radius 1 is 1.56 bits per heavy atom. The summed E-state index contributed by atoms with van der Waals surface area (Å²) in [5.41, 5.74) is 1.97. The van der Waals surface area contributed by atoms with Crippen LogP contribution in [0.3, 0.4) is 0 Å². The third kappa shape index (κ3) is 3.80. The molecule has 1 unspecified atom stereocenters. The second-order valence-corrected chi connectivity index (χ2v) is 4.08. The highest BCUT2D eigenvalue weighted by Crippen LogP contribution is 2.21. The lowest BCUT2D eigenvalue weighted by Crippen LogP contribution is -2.37.